The summed E-state index contributed by atoms with van der Waals surface area (Å²) < 4.78 is 18.8. The van der Waals surface area contributed by atoms with Gasteiger partial charge in [-0.25, -0.2) is 0 Å². The maximum absolute atomic E-state index is 5.69. The van der Waals surface area contributed by atoms with E-state index in [0.29, 0.717) is 24.7 Å². The van der Waals surface area contributed by atoms with Gasteiger partial charge in [0.25, 0.3) is 0 Å². The Labute approximate surface area is 142 Å². The second-order valence-electron chi connectivity index (χ2n) is 6.23. The molecule has 0 unspecified atom stereocenters. The van der Waals surface area contributed by atoms with E-state index in [0.717, 1.165) is 17.9 Å². The number of aryl methyl sites for hydroxylation is 1. The largest absolute Gasteiger partial charge is 0.493 e. The predicted molar refractivity (Wildman–Crippen MR) is 92.0 cm³/mol. The highest BCUT2D eigenvalue weighted by atomic mass is 16.6. The van der Waals surface area contributed by atoms with Crippen LogP contribution in [0.3, 0.4) is 0 Å². The number of methoxy groups -OCH3 is 1. The average molecular weight is 331 g/mol. The number of benzene rings is 1. The molecule has 0 radical (unpaired) electrons. The highest BCUT2D eigenvalue weighted by Gasteiger charge is 2.19. The van der Waals surface area contributed by atoms with Crippen LogP contribution in [0.5, 0.6) is 17.2 Å². The Hall–Kier alpha value is -2.21. The van der Waals surface area contributed by atoms with E-state index in [9.17, 15) is 0 Å². The third kappa shape index (κ3) is 3.48. The topological polar surface area (TPSA) is 57.5 Å². The standard InChI is InChI=1S/C18H25N3O3/c1-12-9-20-21(11-12)14(3)13(2)19-10-15-7-16(22-4)18-17(8-15)23-5-6-24-18/h7-9,11,13-14,19H,5-6,10H2,1-4H3/t13-,14+/m1/s1. The lowest BCUT2D eigenvalue weighted by Crippen LogP contribution is -2.33. The second-order valence-corrected chi connectivity index (χ2v) is 6.23. The summed E-state index contributed by atoms with van der Waals surface area (Å²) in [6.45, 7) is 8.22. The predicted octanol–water partition coefficient (Wildman–Crippen LogP) is 2.71. The number of hydrogen-bond donors (Lipinski definition) is 1. The summed E-state index contributed by atoms with van der Waals surface area (Å²) in [5.41, 5.74) is 2.28. The molecule has 1 aliphatic rings. The zero-order chi connectivity index (χ0) is 17.1. The minimum absolute atomic E-state index is 0.262. The van der Waals surface area contributed by atoms with Crippen molar-refractivity contribution in [1.29, 1.82) is 0 Å². The van der Waals surface area contributed by atoms with Crippen molar-refractivity contribution in [3.63, 3.8) is 0 Å². The van der Waals surface area contributed by atoms with Crippen LogP contribution in [0.2, 0.25) is 0 Å². The van der Waals surface area contributed by atoms with Gasteiger partial charge in [0.05, 0.1) is 19.3 Å². The van der Waals surface area contributed by atoms with Crippen molar-refractivity contribution in [1.82, 2.24) is 15.1 Å². The van der Waals surface area contributed by atoms with Crippen LogP contribution in [-0.4, -0.2) is 36.1 Å². The van der Waals surface area contributed by atoms with Gasteiger partial charge < -0.3 is 19.5 Å². The molecule has 0 saturated carbocycles. The maximum Gasteiger partial charge on any atom is 0.203 e. The molecule has 0 bridgehead atoms. The van der Waals surface area contributed by atoms with Crippen LogP contribution in [0, 0.1) is 6.92 Å². The fraction of sp³-hybridized carbons (Fsp3) is 0.500. The van der Waals surface area contributed by atoms with Gasteiger partial charge in [-0.05, 0) is 44.0 Å². The molecule has 0 amide bonds. The third-order valence-electron chi connectivity index (χ3n) is 4.39. The quantitative estimate of drug-likeness (QED) is 0.882. The molecule has 1 aliphatic heterocycles. The van der Waals surface area contributed by atoms with Gasteiger partial charge in [-0.2, -0.15) is 5.10 Å². The highest BCUT2D eigenvalue weighted by Crippen LogP contribution is 2.40. The van der Waals surface area contributed by atoms with E-state index < -0.39 is 0 Å². The van der Waals surface area contributed by atoms with Crippen molar-refractivity contribution in [2.45, 2.75) is 39.4 Å². The molecule has 1 N–H and O–H groups in total. The number of rotatable bonds is 6. The molecule has 24 heavy (non-hydrogen) atoms. The van der Waals surface area contributed by atoms with E-state index in [1.807, 2.05) is 23.0 Å². The SMILES string of the molecule is COc1cc(CN[C@H](C)[C@H](C)n2cc(C)cn2)cc2c1OCCO2. The molecular weight excluding hydrogens is 306 g/mol. The summed E-state index contributed by atoms with van der Waals surface area (Å²) >= 11 is 0. The fourth-order valence-corrected chi connectivity index (χ4v) is 2.76. The number of nitrogens with zero attached hydrogens (tertiary/aromatic N) is 2. The van der Waals surface area contributed by atoms with Crippen LogP contribution in [-0.2, 0) is 6.54 Å². The molecule has 2 heterocycles. The van der Waals surface area contributed by atoms with E-state index in [-0.39, 0.29) is 12.1 Å². The first-order valence-electron chi connectivity index (χ1n) is 8.29. The van der Waals surface area contributed by atoms with Crippen LogP contribution in [0.1, 0.15) is 31.0 Å². The fourth-order valence-electron chi connectivity index (χ4n) is 2.76. The van der Waals surface area contributed by atoms with Gasteiger partial charge in [0.2, 0.25) is 5.75 Å². The molecule has 0 saturated heterocycles. The van der Waals surface area contributed by atoms with Gasteiger partial charge in [0.15, 0.2) is 11.5 Å². The third-order valence-corrected chi connectivity index (χ3v) is 4.39. The normalized spacial score (nSPS) is 15.8. The summed E-state index contributed by atoms with van der Waals surface area (Å²) in [5.74, 6) is 2.16. The van der Waals surface area contributed by atoms with Crippen LogP contribution in [0.25, 0.3) is 0 Å². The molecule has 2 atom stereocenters. The summed E-state index contributed by atoms with van der Waals surface area (Å²) in [7, 11) is 1.65. The van der Waals surface area contributed by atoms with Gasteiger partial charge in [0.1, 0.15) is 13.2 Å². The molecule has 1 aromatic carbocycles. The molecule has 6 heteroatoms. The van der Waals surface area contributed by atoms with E-state index in [2.05, 4.69) is 37.4 Å². The van der Waals surface area contributed by atoms with Gasteiger partial charge >= 0.3 is 0 Å². The Balaban J connectivity index is 1.67. The van der Waals surface area contributed by atoms with Gasteiger partial charge in [-0.1, -0.05) is 0 Å². The summed E-state index contributed by atoms with van der Waals surface area (Å²) in [4.78, 5) is 0. The summed E-state index contributed by atoms with van der Waals surface area (Å²) in [6.07, 6.45) is 3.95. The van der Waals surface area contributed by atoms with Crippen LogP contribution in [0.15, 0.2) is 24.5 Å². The van der Waals surface area contributed by atoms with E-state index in [1.54, 1.807) is 7.11 Å². The smallest absolute Gasteiger partial charge is 0.203 e. The van der Waals surface area contributed by atoms with Crippen LogP contribution < -0.4 is 19.5 Å². The van der Waals surface area contributed by atoms with Gasteiger partial charge in [0, 0.05) is 18.8 Å². The van der Waals surface area contributed by atoms with Crippen LogP contribution >= 0.6 is 0 Å². The zero-order valence-electron chi connectivity index (χ0n) is 14.7. The van der Waals surface area contributed by atoms with Crippen LogP contribution in [0.4, 0.5) is 0 Å². The van der Waals surface area contributed by atoms with Gasteiger partial charge in [-0.15, -0.1) is 0 Å². The second kappa shape index (κ2) is 7.13. The lowest BCUT2D eigenvalue weighted by Gasteiger charge is -2.24. The Morgan fingerprint density at radius 3 is 2.79 bits per heavy atom. The Bertz CT molecular complexity index is 682. The highest BCUT2D eigenvalue weighted by molar-refractivity contribution is 5.54. The number of nitrogens with one attached hydrogen (secondary N) is 1. The number of hydrogen-bond acceptors (Lipinski definition) is 5. The Kier molecular flexibility index (Phi) is 4.94. The first-order chi connectivity index (χ1) is 11.6. The maximum atomic E-state index is 5.69. The first kappa shape index (κ1) is 16.6. The molecule has 130 valence electrons. The molecular formula is C18H25N3O3. The van der Waals surface area contributed by atoms with Crippen molar-refractivity contribution in [2.24, 2.45) is 0 Å². The Morgan fingerprint density at radius 1 is 1.29 bits per heavy atom. The molecule has 0 fully saturated rings. The van der Waals surface area contributed by atoms with Crippen molar-refractivity contribution < 1.29 is 14.2 Å². The number of ether oxygens (including phenoxy) is 3. The van der Waals surface area contributed by atoms with E-state index in [4.69, 9.17) is 14.2 Å². The zero-order valence-corrected chi connectivity index (χ0v) is 14.7. The lowest BCUT2D eigenvalue weighted by molar-refractivity contribution is 0.165. The van der Waals surface area contributed by atoms with Crippen molar-refractivity contribution in [2.75, 3.05) is 20.3 Å². The minimum Gasteiger partial charge on any atom is -0.493 e. The Morgan fingerprint density at radius 2 is 2.08 bits per heavy atom. The van der Waals surface area contributed by atoms with Crippen molar-refractivity contribution in [3.05, 3.63) is 35.7 Å². The minimum atomic E-state index is 0.262. The molecule has 1 aromatic heterocycles. The van der Waals surface area contributed by atoms with Gasteiger partial charge in [-0.3, -0.25) is 4.68 Å². The molecule has 6 nitrogen and oxygen atoms in total. The molecule has 0 aliphatic carbocycles. The number of aromatic nitrogens is 2. The molecule has 2 aromatic rings. The first-order valence-corrected chi connectivity index (χ1v) is 8.29. The summed E-state index contributed by atoms with van der Waals surface area (Å²) in [5, 5.41) is 7.95. The van der Waals surface area contributed by atoms with E-state index >= 15 is 0 Å². The van der Waals surface area contributed by atoms with Crippen molar-refractivity contribution in [3.8, 4) is 17.2 Å². The average Bonchev–Trinajstić information content (AvgIpc) is 3.04. The van der Waals surface area contributed by atoms with E-state index in [1.165, 1.54) is 5.56 Å². The summed E-state index contributed by atoms with van der Waals surface area (Å²) in [6, 6.07) is 4.54. The number of fused-ring (bicyclic) bond motifs is 1. The molecule has 3 rings (SSSR count). The van der Waals surface area contributed by atoms with Crippen molar-refractivity contribution >= 4 is 0 Å². The lowest BCUT2D eigenvalue weighted by atomic mass is 10.1. The monoisotopic (exact) mass is 331 g/mol. The molecule has 0 spiro atoms.